The molecule has 4 rings (SSSR count). The third-order valence-corrected chi connectivity index (χ3v) is 8.20. The highest BCUT2D eigenvalue weighted by molar-refractivity contribution is 6.32. The number of aliphatic hydroxyl groups is 1. The molecule has 1 fully saturated rings. The van der Waals surface area contributed by atoms with Crippen molar-refractivity contribution in [1.82, 2.24) is 15.2 Å². The Bertz CT molecular complexity index is 1470. The van der Waals surface area contributed by atoms with Crippen LogP contribution >= 0.6 is 11.6 Å². The minimum Gasteiger partial charge on any atom is -0.494 e. The number of hydrogen-bond donors (Lipinski definition) is 2. The summed E-state index contributed by atoms with van der Waals surface area (Å²) in [6.45, 7) is 5.83. The van der Waals surface area contributed by atoms with Crippen molar-refractivity contribution in [2.45, 2.75) is 57.6 Å². The predicted octanol–water partition coefficient (Wildman–Crippen LogP) is 5.68. The van der Waals surface area contributed by atoms with E-state index in [2.05, 4.69) is 10.2 Å². The number of esters is 1. The number of rotatable bonds is 12. The summed E-state index contributed by atoms with van der Waals surface area (Å²) in [5.41, 5.74) is 2.88. The van der Waals surface area contributed by atoms with Gasteiger partial charge in [0.1, 0.15) is 22.7 Å². The molecule has 0 aliphatic heterocycles. The van der Waals surface area contributed by atoms with Gasteiger partial charge in [0.2, 0.25) is 0 Å². The fourth-order valence-corrected chi connectivity index (χ4v) is 5.62. The van der Waals surface area contributed by atoms with Gasteiger partial charge in [-0.1, -0.05) is 23.7 Å². The molecule has 1 aromatic heterocycles. The second-order valence-corrected chi connectivity index (χ2v) is 11.8. The summed E-state index contributed by atoms with van der Waals surface area (Å²) in [5.74, 6) is 0.206. The van der Waals surface area contributed by atoms with Gasteiger partial charge in [0.25, 0.3) is 5.91 Å². The summed E-state index contributed by atoms with van der Waals surface area (Å²) in [5, 5.41) is 13.4. The van der Waals surface area contributed by atoms with Crippen LogP contribution in [0.4, 0.5) is 0 Å². The molecule has 9 nitrogen and oxygen atoms in total. The van der Waals surface area contributed by atoms with E-state index in [0.717, 1.165) is 35.4 Å². The molecule has 1 aliphatic rings. The topological polar surface area (TPSA) is 110 Å². The molecule has 0 saturated heterocycles. The van der Waals surface area contributed by atoms with Gasteiger partial charge >= 0.3 is 5.97 Å². The Labute approximate surface area is 264 Å². The number of carbonyl (C=O) groups excluding carboxylic acids is 2. The molecule has 0 unspecified atom stereocenters. The van der Waals surface area contributed by atoms with Crippen LogP contribution in [-0.2, 0) is 9.53 Å². The maximum Gasteiger partial charge on any atom is 0.331 e. The zero-order chi connectivity index (χ0) is 31.9. The number of hydrogen-bond acceptors (Lipinski definition) is 8. The molecule has 0 radical (unpaired) electrons. The summed E-state index contributed by atoms with van der Waals surface area (Å²) < 4.78 is 16.9. The number of aryl methyl sites for hydroxylation is 1. The summed E-state index contributed by atoms with van der Waals surface area (Å²) in [6.07, 6.45) is 1.61. The molecule has 236 valence electrons. The van der Waals surface area contributed by atoms with Crippen molar-refractivity contribution >= 4 is 23.5 Å². The fourth-order valence-electron chi connectivity index (χ4n) is 5.45. The fraction of sp³-hybridized carbons (Fsp3) is 0.441. The number of nitrogens with one attached hydrogen (secondary N) is 1. The lowest BCUT2D eigenvalue weighted by atomic mass is 9.80. The second-order valence-electron chi connectivity index (χ2n) is 11.4. The smallest absolute Gasteiger partial charge is 0.331 e. The largest absolute Gasteiger partial charge is 0.494 e. The lowest BCUT2D eigenvalue weighted by molar-refractivity contribution is -0.150. The van der Waals surface area contributed by atoms with Crippen LogP contribution in [0.3, 0.4) is 0 Å². The van der Waals surface area contributed by atoms with Crippen molar-refractivity contribution in [2.24, 2.45) is 0 Å². The lowest BCUT2D eigenvalue weighted by Gasteiger charge is -2.36. The number of benzene rings is 2. The third kappa shape index (κ3) is 7.88. The standard InChI is InChI=1S/C34H42ClN3O6/c1-6-43-25-10-8-22(2)27(21-25)26-11-13-29(32(40)37-34(33(41)42-5)16-14-24(39)15-17-34)36-31(26)23-9-12-28(35)30(20-23)44-19-7-18-38(3)4/h8-13,20-21,24,39H,6-7,14-19H2,1-5H3,(H,37,40). The first-order valence-electron chi connectivity index (χ1n) is 15.0. The average molecular weight is 624 g/mol. The van der Waals surface area contributed by atoms with Crippen molar-refractivity contribution < 1.29 is 28.9 Å². The highest BCUT2D eigenvalue weighted by Crippen LogP contribution is 2.38. The van der Waals surface area contributed by atoms with Gasteiger partial charge in [0.15, 0.2) is 0 Å². The molecule has 0 spiro atoms. The van der Waals surface area contributed by atoms with E-state index < -0.39 is 23.5 Å². The van der Waals surface area contributed by atoms with Gasteiger partial charge in [-0.2, -0.15) is 0 Å². The molecule has 1 amide bonds. The summed E-state index contributed by atoms with van der Waals surface area (Å²) >= 11 is 6.52. The van der Waals surface area contributed by atoms with E-state index in [4.69, 9.17) is 30.8 Å². The van der Waals surface area contributed by atoms with Crippen molar-refractivity contribution in [3.8, 4) is 33.9 Å². The zero-order valence-electron chi connectivity index (χ0n) is 26.1. The normalized spacial score (nSPS) is 18.1. The van der Waals surface area contributed by atoms with Crippen LogP contribution in [0.1, 0.15) is 55.1 Å². The first-order valence-corrected chi connectivity index (χ1v) is 15.4. The molecule has 10 heteroatoms. The Balaban J connectivity index is 1.77. The average Bonchev–Trinajstić information content (AvgIpc) is 3.01. The first-order chi connectivity index (χ1) is 21.1. The first kappa shape index (κ1) is 33.2. The van der Waals surface area contributed by atoms with E-state index in [0.29, 0.717) is 48.1 Å². The molecule has 1 heterocycles. The summed E-state index contributed by atoms with van der Waals surface area (Å²) in [7, 11) is 5.32. The number of halogens is 1. The number of ether oxygens (including phenoxy) is 3. The van der Waals surface area contributed by atoms with Crippen LogP contribution < -0.4 is 14.8 Å². The highest BCUT2D eigenvalue weighted by atomic mass is 35.5. The van der Waals surface area contributed by atoms with E-state index in [1.807, 2.05) is 64.3 Å². The van der Waals surface area contributed by atoms with E-state index >= 15 is 0 Å². The van der Waals surface area contributed by atoms with Crippen molar-refractivity contribution in [1.29, 1.82) is 0 Å². The quantitative estimate of drug-likeness (QED) is 0.196. The molecule has 1 aliphatic carbocycles. The Kier molecular flexibility index (Phi) is 11.2. The van der Waals surface area contributed by atoms with Crippen LogP contribution in [-0.4, -0.2) is 79.5 Å². The Morgan fingerprint density at radius 2 is 1.82 bits per heavy atom. The molecule has 2 N–H and O–H groups in total. The van der Waals surface area contributed by atoms with Gasteiger partial charge < -0.3 is 29.5 Å². The van der Waals surface area contributed by atoms with Crippen LogP contribution in [0.2, 0.25) is 5.02 Å². The SMILES string of the molecule is CCOc1ccc(C)c(-c2ccc(C(=O)NC3(C(=O)OC)CCC(O)CC3)nc2-c2ccc(Cl)c(OCCCN(C)C)c2)c1. The molecule has 0 atom stereocenters. The van der Waals surface area contributed by atoms with Crippen LogP contribution in [0.25, 0.3) is 22.4 Å². The van der Waals surface area contributed by atoms with Gasteiger partial charge in [0.05, 0.1) is 37.1 Å². The van der Waals surface area contributed by atoms with Crippen molar-refractivity contribution in [3.63, 3.8) is 0 Å². The van der Waals surface area contributed by atoms with E-state index in [-0.39, 0.29) is 18.5 Å². The zero-order valence-corrected chi connectivity index (χ0v) is 26.9. The molecule has 3 aromatic rings. The Hall–Kier alpha value is -3.66. The molecular weight excluding hydrogens is 582 g/mol. The monoisotopic (exact) mass is 623 g/mol. The Morgan fingerprint density at radius 1 is 1.07 bits per heavy atom. The van der Waals surface area contributed by atoms with E-state index in [1.165, 1.54) is 7.11 Å². The minimum absolute atomic E-state index is 0.139. The summed E-state index contributed by atoms with van der Waals surface area (Å²) in [6, 6.07) is 14.8. The van der Waals surface area contributed by atoms with Gasteiger partial charge in [0, 0.05) is 17.7 Å². The van der Waals surface area contributed by atoms with Gasteiger partial charge in [-0.25, -0.2) is 9.78 Å². The number of aliphatic hydroxyl groups excluding tert-OH is 1. The summed E-state index contributed by atoms with van der Waals surface area (Å²) in [4.78, 5) is 33.5. The molecule has 1 saturated carbocycles. The number of amides is 1. The van der Waals surface area contributed by atoms with Gasteiger partial charge in [-0.15, -0.1) is 0 Å². The number of carbonyl (C=O) groups is 2. The maximum atomic E-state index is 13.7. The molecule has 44 heavy (non-hydrogen) atoms. The molecular formula is C34H42ClN3O6. The number of pyridine rings is 1. The van der Waals surface area contributed by atoms with E-state index in [9.17, 15) is 14.7 Å². The number of aromatic nitrogens is 1. The third-order valence-electron chi connectivity index (χ3n) is 7.89. The highest BCUT2D eigenvalue weighted by Gasteiger charge is 2.44. The van der Waals surface area contributed by atoms with E-state index in [1.54, 1.807) is 12.1 Å². The predicted molar refractivity (Wildman–Crippen MR) is 171 cm³/mol. The van der Waals surface area contributed by atoms with Crippen LogP contribution in [0, 0.1) is 6.92 Å². The van der Waals surface area contributed by atoms with Crippen LogP contribution in [0.15, 0.2) is 48.5 Å². The number of methoxy groups -OCH3 is 1. The van der Waals surface area contributed by atoms with Gasteiger partial charge in [-0.05, 0) is 108 Å². The maximum absolute atomic E-state index is 13.7. The Morgan fingerprint density at radius 3 is 2.50 bits per heavy atom. The second kappa shape index (κ2) is 14.9. The lowest BCUT2D eigenvalue weighted by Crippen LogP contribution is -2.57. The van der Waals surface area contributed by atoms with Gasteiger partial charge in [-0.3, -0.25) is 4.79 Å². The number of nitrogens with zero attached hydrogens (tertiary/aromatic N) is 2. The van der Waals surface area contributed by atoms with Crippen molar-refractivity contribution in [2.75, 3.05) is 41.0 Å². The van der Waals surface area contributed by atoms with Crippen LogP contribution in [0.5, 0.6) is 11.5 Å². The molecule has 2 aromatic carbocycles. The minimum atomic E-state index is -1.23. The van der Waals surface area contributed by atoms with Crippen molar-refractivity contribution in [3.05, 3.63) is 64.8 Å². The molecule has 0 bridgehead atoms.